The Morgan fingerprint density at radius 1 is 1.41 bits per heavy atom. The van der Waals surface area contributed by atoms with Crippen LogP contribution < -0.4 is 5.32 Å². The summed E-state index contributed by atoms with van der Waals surface area (Å²) >= 11 is 0. The van der Waals surface area contributed by atoms with Crippen LogP contribution >= 0.6 is 0 Å². The van der Waals surface area contributed by atoms with Crippen molar-refractivity contribution in [2.24, 2.45) is 0 Å². The zero-order valence-electron chi connectivity index (χ0n) is 9.57. The highest BCUT2D eigenvalue weighted by molar-refractivity contribution is 5.58. The molecule has 92 valence electrons. The minimum Gasteiger partial charge on any atom is -0.394 e. The molecule has 0 aromatic heterocycles. The molecule has 0 heterocycles. The van der Waals surface area contributed by atoms with Crippen LogP contribution in [0.3, 0.4) is 0 Å². The van der Waals surface area contributed by atoms with Crippen LogP contribution in [0.4, 0.5) is 10.1 Å². The van der Waals surface area contributed by atoms with Gasteiger partial charge in [0.1, 0.15) is 11.9 Å². The second kappa shape index (κ2) is 5.62. The van der Waals surface area contributed by atoms with Crippen LogP contribution in [0.2, 0.25) is 0 Å². The van der Waals surface area contributed by atoms with E-state index < -0.39 is 11.4 Å². The molecule has 4 nitrogen and oxygen atoms in total. The fourth-order valence-electron chi connectivity index (χ4n) is 1.44. The van der Waals surface area contributed by atoms with Crippen molar-refractivity contribution in [2.75, 3.05) is 18.5 Å². The van der Waals surface area contributed by atoms with E-state index >= 15 is 0 Å². The quantitative estimate of drug-likeness (QED) is 0.721. The molecule has 0 amide bonds. The van der Waals surface area contributed by atoms with E-state index in [0.717, 1.165) is 6.07 Å². The topological polar surface area (TPSA) is 76.3 Å². The maximum atomic E-state index is 12.9. The fraction of sp³-hybridized carbons (Fsp3) is 0.417. The van der Waals surface area contributed by atoms with Crippen molar-refractivity contribution < 1.29 is 14.6 Å². The SMILES string of the molecule is CCC(CO)(CO)Nc1ccc(F)cc1C#N. The second-order valence-electron chi connectivity index (χ2n) is 3.88. The normalized spacial score (nSPS) is 11.0. The Kier molecular flexibility index (Phi) is 4.44. The number of anilines is 1. The third-order valence-corrected chi connectivity index (χ3v) is 2.78. The lowest BCUT2D eigenvalue weighted by Gasteiger charge is -2.31. The Bertz CT molecular complexity index is 417. The van der Waals surface area contributed by atoms with Crippen molar-refractivity contribution in [3.05, 3.63) is 29.6 Å². The first-order chi connectivity index (χ1) is 8.10. The molecule has 1 aromatic rings. The molecule has 1 aromatic carbocycles. The number of aliphatic hydroxyl groups excluding tert-OH is 2. The monoisotopic (exact) mass is 238 g/mol. The molecule has 1 rings (SSSR count). The molecule has 0 aliphatic heterocycles. The Hall–Kier alpha value is -1.64. The Labute approximate surface area is 99.3 Å². The van der Waals surface area contributed by atoms with Crippen molar-refractivity contribution >= 4 is 5.69 Å². The molecule has 0 unspecified atom stereocenters. The lowest BCUT2D eigenvalue weighted by atomic mass is 9.97. The number of benzene rings is 1. The first kappa shape index (κ1) is 13.4. The average molecular weight is 238 g/mol. The summed E-state index contributed by atoms with van der Waals surface area (Å²) in [7, 11) is 0. The van der Waals surface area contributed by atoms with E-state index in [2.05, 4.69) is 5.32 Å². The van der Waals surface area contributed by atoms with E-state index in [-0.39, 0.29) is 18.8 Å². The van der Waals surface area contributed by atoms with Gasteiger partial charge < -0.3 is 15.5 Å². The maximum absolute atomic E-state index is 12.9. The Morgan fingerprint density at radius 2 is 2.06 bits per heavy atom. The fourth-order valence-corrected chi connectivity index (χ4v) is 1.44. The molecular weight excluding hydrogens is 223 g/mol. The molecule has 0 spiro atoms. The molecule has 0 bridgehead atoms. The van der Waals surface area contributed by atoms with Gasteiger partial charge in [0.05, 0.1) is 30.0 Å². The predicted octanol–water partition coefficient (Wildman–Crippen LogP) is 1.24. The highest BCUT2D eigenvalue weighted by atomic mass is 19.1. The Balaban J connectivity index is 3.06. The number of hydrogen-bond acceptors (Lipinski definition) is 4. The second-order valence-corrected chi connectivity index (χ2v) is 3.88. The van der Waals surface area contributed by atoms with Crippen molar-refractivity contribution in [2.45, 2.75) is 18.9 Å². The molecule has 0 aliphatic carbocycles. The first-order valence-electron chi connectivity index (χ1n) is 5.30. The molecule has 0 saturated heterocycles. The predicted molar refractivity (Wildman–Crippen MR) is 61.9 cm³/mol. The zero-order chi connectivity index (χ0) is 12.9. The van der Waals surface area contributed by atoms with Gasteiger partial charge in [-0.15, -0.1) is 0 Å². The number of aliphatic hydroxyl groups is 2. The molecular formula is C12H15FN2O2. The van der Waals surface area contributed by atoms with E-state index in [1.807, 2.05) is 6.07 Å². The summed E-state index contributed by atoms with van der Waals surface area (Å²) in [6, 6.07) is 5.61. The summed E-state index contributed by atoms with van der Waals surface area (Å²) in [5.74, 6) is -0.498. The van der Waals surface area contributed by atoms with Gasteiger partial charge in [0.2, 0.25) is 0 Å². The summed E-state index contributed by atoms with van der Waals surface area (Å²) in [5.41, 5.74) is -0.354. The smallest absolute Gasteiger partial charge is 0.124 e. The average Bonchev–Trinajstić information content (AvgIpc) is 2.37. The van der Waals surface area contributed by atoms with Gasteiger partial charge >= 0.3 is 0 Å². The van der Waals surface area contributed by atoms with Gasteiger partial charge in [-0.2, -0.15) is 5.26 Å². The number of rotatable bonds is 5. The van der Waals surface area contributed by atoms with Gasteiger partial charge in [-0.3, -0.25) is 0 Å². The number of halogens is 1. The zero-order valence-corrected chi connectivity index (χ0v) is 9.57. The van der Waals surface area contributed by atoms with Crippen molar-refractivity contribution in [1.29, 1.82) is 5.26 Å². The number of hydrogen-bond donors (Lipinski definition) is 3. The van der Waals surface area contributed by atoms with Crippen molar-refractivity contribution in [3.63, 3.8) is 0 Å². The molecule has 0 fully saturated rings. The van der Waals surface area contributed by atoms with Crippen molar-refractivity contribution in [1.82, 2.24) is 0 Å². The summed E-state index contributed by atoms with van der Waals surface area (Å²) in [6.45, 7) is 1.25. The third-order valence-electron chi connectivity index (χ3n) is 2.78. The van der Waals surface area contributed by atoms with Crippen LogP contribution in [-0.4, -0.2) is 29.0 Å². The minimum absolute atomic E-state index is 0.143. The number of nitrogens with one attached hydrogen (secondary N) is 1. The van der Waals surface area contributed by atoms with Crippen molar-refractivity contribution in [3.8, 4) is 6.07 Å². The van der Waals surface area contributed by atoms with Crippen LogP contribution in [0.15, 0.2) is 18.2 Å². The summed E-state index contributed by atoms with van der Waals surface area (Å²) < 4.78 is 12.9. The molecule has 0 radical (unpaired) electrons. The number of nitriles is 1. The van der Waals surface area contributed by atoms with E-state index in [1.54, 1.807) is 6.92 Å². The van der Waals surface area contributed by atoms with Gasteiger partial charge in [-0.05, 0) is 24.6 Å². The van der Waals surface area contributed by atoms with Gasteiger partial charge in [0.25, 0.3) is 0 Å². The maximum Gasteiger partial charge on any atom is 0.124 e. The summed E-state index contributed by atoms with van der Waals surface area (Å²) in [5, 5.41) is 30.3. The lowest BCUT2D eigenvalue weighted by Crippen LogP contribution is -2.45. The highest BCUT2D eigenvalue weighted by Gasteiger charge is 2.27. The van der Waals surface area contributed by atoms with Crippen LogP contribution in [-0.2, 0) is 0 Å². The molecule has 5 heteroatoms. The standard InChI is InChI=1S/C12H15FN2O2/c1-2-12(7-16,8-17)15-11-4-3-10(13)5-9(11)6-14/h3-5,15-17H,2,7-8H2,1H3. The van der Waals surface area contributed by atoms with Gasteiger partial charge in [0.15, 0.2) is 0 Å². The van der Waals surface area contributed by atoms with Crippen LogP contribution in [0.5, 0.6) is 0 Å². The first-order valence-corrected chi connectivity index (χ1v) is 5.30. The number of nitrogens with zero attached hydrogens (tertiary/aromatic N) is 1. The Morgan fingerprint density at radius 3 is 2.53 bits per heavy atom. The van der Waals surface area contributed by atoms with E-state index in [9.17, 15) is 14.6 Å². The highest BCUT2D eigenvalue weighted by Crippen LogP contribution is 2.22. The third kappa shape index (κ3) is 2.93. The lowest BCUT2D eigenvalue weighted by molar-refractivity contribution is 0.132. The minimum atomic E-state index is -0.899. The summed E-state index contributed by atoms with van der Waals surface area (Å²) in [6.07, 6.45) is 0.474. The van der Waals surface area contributed by atoms with Crippen LogP contribution in [0, 0.1) is 17.1 Å². The van der Waals surface area contributed by atoms with E-state index in [4.69, 9.17) is 5.26 Å². The molecule has 3 N–H and O–H groups in total. The molecule has 0 aliphatic rings. The van der Waals surface area contributed by atoms with Crippen LogP contribution in [0.25, 0.3) is 0 Å². The van der Waals surface area contributed by atoms with Crippen LogP contribution in [0.1, 0.15) is 18.9 Å². The molecule has 0 saturated carbocycles. The molecule has 17 heavy (non-hydrogen) atoms. The van der Waals surface area contributed by atoms with E-state index in [1.165, 1.54) is 12.1 Å². The van der Waals surface area contributed by atoms with Gasteiger partial charge in [0, 0.05) is 0 Å². The van der Waals surface area contributed by atoms with Gasteiger partial charge in [-0.1, -0.05) is 6.92 Å². The van der Waals surface area contributed by atoms with E-state index in [0.29, 0.717) is 12.1 Å². The largest absolute Gasteiger partial charge is 0.394 e. The molecule has 0 atom stereocenters. The summed E-state index contributed by atoms with van der Waals surface area (Å²) in [4.78, 5) is 0. The van der Waals surface area contributed by atoms with Gasteiger partial charge in [-0.25, -0.2) is 4.39 Å².